The van der Waals surface area contributed by atoms with Gasteiger partial charge in [-0.05, 0) is 24.3 Å². The topological polar surface area (TPSA) is 79.9 Å². The molecule has 0 bridgehead atoms. The number of hydrogen-bond acceptors (Lipinski definition) is 5. The van der Waals surface area contributed by atoms with Crippen molar-refractivity contribution in [2.24, 2.45) is 0 Å². The van der Waals surface area contributed by atoms with Crippen molar-refractivity contribution in [2.45, 2.75) is 6.10 Å². The van der Waals surface area contributed by atoms with Crippen molar-refractivity contribution >= 4 is 11.9 Å². The molecule has 1 aromatic heterocycles. The maximum absolute atomic E-state index is 11.2. The molecule has 2 N–H and O–H groups in total. The van der Waals surface area contributed by atoms with E-state index in [1.165, 1.54) is 12.3 Å². The molecule has 0 saturated heterocycles. The molecule has 0 spiro atoms. The predicted octanol–water partition coefficient (Wildman–Crippen LogP) is 1.02. The van der Waals surface area contributed by atoms with Gasteiger partial charge < -0.3 is 19.4 Å². The molecule has 1 aromatic rings. The third-order valence-electron chi connectivity index (χ3n) is 2.11. The van der Waals surface area contributed by atoms with E-state index >= 15 is 0 Å². The van der Waals surface area contributed by atoms with Gasteiger partial charge in [-0.25, -0.2) is 0 Å². The van der Waals surface area contributed by atoms with Crippen molar-refractivity contribution in [1.82, 2.24) is 0 Å². The molecule has 1 atom stereocenters. The minimum Gasteiger partial charge on any atom is -0.502 e. The molecular formula is C11H10O5. The molecule has 2 rings (SSSR count). The van der Waals surface area contributed by atoms with E-state index in [1.54, 1.807) is 18.2 Å². The number of ketones is 1. The Balaban J connectivity index is 2.19. The van der Waals surface area contributed by atoms with Crippen LogP contribution in [-0.2, 0) is 9.53 Å². The van der Waals surface area contributed by atoms with Gasteiger partial charge >= 0.3 is 0 Å². The summed E-state index contributed by atoms with van der Waals surface area (Å²) < 4.78 is 10.0. The Labute approximate surface area is 91.3 Å². The second-order valence-corrected chi connectivity index (χ2v) is 3.25. The summed E-state index contributed by atoms with van der Waals surface area (Å²) in [5, 5.41) is 18.5. The van der Waals surface area contributed by atoms with Crippen LogP contribution in [0.1, 0.15) is 5.76 Å². The Kier molecular flexibility index (Phi) is 2.78. The van der Waals surface area contributed by atoms with Crippen molar-refractivity contribution in [2.75, 3.05) is 6.61 Å². The van der Waals surface area contributed by atoms with E-state index in [4.69, 9.17) is 14.3 Å². The fourth-order valence-electron chi connectivity index (χ4n) is 1.26. The number of ether oxygens (including phenoxy) is 1. The SMILES string of the molecule is O=C1C(O)=C(/C=C/c2ccco2)OCC1O. The Morgan fingerprint density at radius 1 is 1.44 bits per heavy atom. The third-order valence-corrected chi connectivity index (χ3v) is 2.11. The molecular weight excluding hydrogens is 212 g/mol. The summed E-state index contributed by atoms with van der Waals surface area (Å²) in [6, 6.07) is 3.43. The minimum absolute atomic E-state index is 0.0340. The highest BCUT2D eigenvalue weighted by Gasteiger charge is 2.28. The summed E-state index contributed by atoms with van der Waals surface area (Å²) in [6.07, 6.45) is 3.18. The number of furan rings is 1. The molecule has 1 aliphatic rings. The fraction of sp³-hybridized carbons (Fsp3) is 0.182. The summed E-state index contributed by atoms with van der Waals surface area (Å²) in [5.41, 5.74) is 0. The Bertz CT molecular complexity index is 441. The van der Waals surface area contributed by atoms with Crippen LogP contribution < -0.4 is 0 Å². The van der Waals surface area contributed by atoms with Crippen LogP contribution >= 0.6 is 0 Å². The average Bonchev–Trinajstić information content (AvgIpc) is 2.78. The Morgan fingerprint density at radius 3 is 2.94 bits per heavy atom. The molecule has 1 aliphatic heterocycles. The van der Waals surface area contributed by atoms with Crippen molar-refractivity contribution in [3.05, 3.63) is 41.8 Å². The van der Waals surface area contributed by atoms with Gasteiger partial charge in [-0.3, -0.25) is 4.79 Å². The highest BCUT2D eigenvalue weighted by atomic mass is 16.5. The van der Waals surface area contributed by atoms with E-state index in [2.05, 4.69) is 0 Å². The fourth-order valence-corrected chi connectivity index (χ4v) is 1.26. The van der Waals surface area contributed by atoms with Gasteiger partial charge in [0.1, 0.15) is 12.4 Å². The molecule has 5 nitrogen and oxygen atoms in total. The van der Waals surface area contributed by atoms with E-state index in [0.29, 0.717) is 5.76 Å². The zero-order valence-corrected chi connectivity index (χ0v) is 8.29. The van der Waals surface area contributed by atoms with E-state index in [1.807, 2.05) is 0 Å². The summed E-state index contributed by atoms with van der Waals surface area (Å²) in [4.78, 5) is 11.2. The molecule has 2 heterocycles. The van der Waals surface area contributed by atoms with Gasteiger partial charge in [-0.1, -0.05) is 0 Å². The van der Waals surface area contributed by atoms with Crippen LogP contribution in [0.5, 0.6) is 0 Å². The first-order chi connectivity index (χ1) is 7.68. The second-order valence-electron chi connectivity index (χ2n) is 3.25. The van der Waals surface area contributed by atoms with Gasteiger partial charge in [-0.2, -0.15) is 0 Å². The van der Waals surface area contributed by atoms with E-state index in [9.17, 15) is 9.90 Å². The Morgan fingerprint density at radius 2 is 2.25 bits per heavy atom. The smallest absolute Gasteiger partial charge is 0.232 e. The summed E-state index contributed by atoms with van der Waals surface area (Å²) in [7, 11) is 0. The molecule has 0 saturated carbocycles. The van der Waals surface area contributed by atoms with Crippen LogP contribution in [0.25, 0.3) is 6.08 Å². The monoisotopic (exact) mass is 222 g/mol. The van der Waals surface area contributed by atoms with Gasteiger partial charge in [0.15, 0.2) is 11.9 Å². The van der Waals surface area contributed by atoms with Crippen LogP contribution in [0, 0.1) is 0 Å². The van der Waals surface area contributed by atoms with Crippen molar-refractivity contribution in [3.8, 4) is 0 Å². The highest BCUT2D eigenvalue weighted by molar-refractivity contribution is 5.98. The zero-order chi connectivity index (χ0) is 11.5. The lowest BCUT2D eigenvalue weighted by atomic mass is 10.1. The number of rotatable bonds is 2. The summed E-state index contributed by atoms with van der Waals surface area (Å²) in [6.45, 7) is -0.152. The number of hydrogen-bond donors (Lipinski definition) is 2. The highest BCUT2D eigenvalue weighted by Crippen LogP contribution is 2.16. The second kappa shape index (κ2) is 4.24. The molecule has 0 amide bonds. The normalized spacial score (nSPS) is 21.6. The third kappa shape index (κ3) is 1.99. The summed E-state index contributed by atoms with van der Waals surface area (Å²) in [5.74, 6) is -0.693. The number of carbonyl (C=O) groups is 1. The lowest BCUT2D eigenvalue weighted by Crippen LogP contribution is -2.32. The molecule has 0 radical (unpaired) electrons. The van der Waals surface area contributed by atoms with Crippen molar-refractivity contribution in [1.29, 1.82) is 0 Å². The molecule has 5 heteroatoms. The first-order valence-electron chi connectivity index (χ1n) is 4.68. The first-order valence-corrected chi connectivity index (χ1v) is 4.68. The lowest BCUT2D eigenvalue weighted by Gasteiger charge is -2.18. The van der Waals surface area contributed by atoms with Gasteiger partial charge in [0, 0.05) is 0 Å². The summed E-state index contributed by atoms with van der Waals surface area (Å²) >= 11 is 0. The molecule has 1 unspecified atom stereocenters. The van der Waals surface area contributed by atoms with Crippen LogP contribution in [0.2, 0.25) is 0 Å². The van der Waals surface area contributed by atoms with Gasteiger partial charge in [-0.15, -0.1) is 0 Å². The Hall–Kier alpha value is -2.01. The van der Waals surface area contributed by atoms with E-state index in [0.717, 1.165) is 0 Å². The maximum atomic E-state index is 11.2. The molecule has 0 aliphatic carbocycles. The van der Waals surface area contributed by atoms with Gasteiger partial charge in [0.2, 0.25) is 11.5 Å². The number of aliphatic hydroxyl groups excluding tert-OH is 2. The lowest BCUT2D eigenvalue weighted by molar-refractivity contribution is -0.131. The van der Waals surface area contributed by atoms with Gasteiger partial charge in [0.25, 0.3) is 0 Å². The van der Waals surface area contributed by atoms with Crippen LogP contribution in [0.4, 0.5) is 0 Å². The average molecular weight is 222 g/mol. The minimum atomic E-state index is -1.29. The molecule has 16 heavy (non-hydrogen) atoms. The maximum Gasteiger partial charge on any atom is 0.232 e. The predicted molar refractivity (Wildman–Crippen MR) is 54.4 cm³/mol. The number of allylic oxidation sites excluding steroid dienone is 1. The molecule has 84 valence electrons. The van der Waals surface area contributed by atoms with Crippen molar-refractivity contribution in [3.63, 3.8) is 0 Å². The number of Topliss-reactive ketones (excluding diaryl/α,β-unsaturated/α-hetero) is 1. The van der Waals surface area contributed by atoms with E-state index < -0.39 is 17.6 Å². The zero-order valence-electron chi connectivity index (χ0n) is 8.29. The van der Waals surface area contributed by atoms with Crippen LogP contribution in [0.15, 0.2) is 40.4 Å². The quantitative estimate of drug-likeness (QED) is 0.781. The van der Waals surface area contributed by atoms with Crippen LogP contribution in [-0.4, -0.2) is 28.7 Å². The standard InChI is InChI=1S/C11H10O5/c12-8-6-16-9(11(14)10(8)13)4-3-7-2-1-5-15-7/h1-5,8,12,14H,6H2/b4-3+. The van der Waals surface area contributed by atoms with Gasteiger partial charge in [0.05, 0.1) is 6.26 Å². The first kappa shape index (κ1) is 10.5. The number of aliphatic hydroxyl groups is 2. The number of carbonyl (C=O) groups excluding carboxylic acids is 1. The van der Waals surface area contributed by atoms with Crippen molar-refractivity contribution < 1.29 is 24.2 Å². The molecule has 0 fully saturated rings. The van der Waals surface area contributed by atoms with Crippen LogP contribution in [0.3, 0.4) is 0 Å². The largest absolute Gasteiger partial charge is 0.502 e. The van der Waals surface area contributed by atoms with E-state index in [-0.39, 0.29) is 12.4 Å². The molecule has 0 aromatic carbocycles.